The quantitative estimate of drug-likeness (QED) is 0.682. The molecule has 2 aliphatic rings. The van der Waals surface area contributed by atoms with Crippen LogP contribution in [0, 0.1) is 5.92 Å². The van der Waals surface area contributed by atoms with Gasteiger partial charge < -0.3 is 25.8 Å². The molecule has 0 bridgehead atoms. The molecular weight excluding hydrogens is 270 g/mol. The largest absolute Gasteiger partial charge is 0.352 e. The van der Waals surface area contributed by atoms with Gasteiger partial charge in [0, 0.05) is 32.5 Å². The number of piperidine rings is 1. The van der Waals surface area contributed by atoms with Gasteiger partial charge in [-0.2, -0.15) is 0 Å². The van der Waals surface area contributed by atoms with Gasteiger partial charge in [-0.1, -0.05) is 13.8 Å². The van der Waals surface area contributed by atoms with Crippen molar-refractivity contribution in [2.75, 3.05) is 26.2 Å². The number of carbonyl (C=O) groups excluding carboxylic acids is 1. The molecule has 2 saturated heterocycles. The zero-order valence-corrected chi connectivity index (χ0v) is 13.2. The number of ether oxygens (including phenoxy) is 2. The fourth-order valence-corrected chi connectivity index (χ4v) is 2.95. The van der Waals surface area contributed by atoms with Crippen LogP contribution in [0.2, 0.25) is 0 Å². The van der Waals surface area contributed by atoms with E-state index in [-0.39, 0.29) is 12.0 Å². The minimum Gasteiger partial charge on any atom is -0.352 e. The SMILES string of the molecule is CC(C)C[C@H](N)C(=O)NCC1CCOC2(CCNCC2)O1. The summed E-state index contributed by atoms with van der Waals surface area (Å²) in [7, 11) is 0. The van der Waals surface area contributed by atoms with Gasteiger partial charge in [0.2, 0.25) is 5.91 Å². The highest BCUT2D eigenvalue weighted by molar-refractivity contribution is 5.81. The van der Waals surface area contributed by atoms with Crippen LogP contribution in [-0.4, -0.2) is 50.1 Å². The van der Waals surface area contributed by atoms with Crippen LogP contribution in [0.4, 0.5) is 0 Å². The van der Waals surface area contributed by atoms with Gasteiger partial charge in [-0.15, -0.1) is 0 Å². The van der Waals surface area contributed by atoms with Gasteiger partial charge in [0.15, 0.2) is 5.79 Å². The Balaban J connectivity index is 1.76. The van der Waals surface area contributed by atoms with Crippen molar-refractivity contribution in [3.8, 4) is 0 Å². The van der Waals surface area contributed by atoms with Crippen LogP contribution in [-0.2, 0) is 14.3 Å². The molecule has 2 atom stereocenters. The summed E-state index contributed by atoms with van der Waals surface area (Å²) in [6, 6.07) is -0.433. The maximum Gasteiger partial charge on any atom is 0.237 e. The number of hydrogen-bond donors (Lipinski definition) is 3. The predicted molar refractivity (Wildman–Crippen MR) is 80.7 cm³/mol. The monoisotopic (exact) mass is 299 g/mol. The molecule has 21 heavy (non-hydrogen) atoms. The molecule has 0 aromatic heterocycles. The topological polar surface area (TPSA) is 85.6 Å². The fourth-order valence-electron chi connectivity index (χ4n) is 2.95. The molecule has 1 amide bonds. The third kappa shape index (κ3) is 4.92. The van der Waals surface area contributed by atoms with Crippen molar-refractivity contribution in [3.05, 3.63) is 0 Å². The predicted octanol–water partition coefficient (Wildman–Crippen LogP) is 0.361. The van der Waals surface area contributed by atoms with Crippen LogP contribution < -0.4 is 16.4 Å². The third-order valence-corrected chi connectivity index (χ3v) is 4.12. The van der Waals surface area contributed by atoms with Crippen LogP contribution in [0.3, 0.4) is 0 Å². The van der Waals surface area contributed by atoms with E-state index in [0.717, 1.165) is 32.4 Å². The van der Waals surface area contributed by atoms with Gasteiger partial charge in [-0.05, 0) is 18.8 Å². The van der Waals surface area contributed by atoms with E-state index >= 15 is 0 Å². The van der Waals surface area contributed by atoms with Crippen molar-refractivity contribution < 1.29 is 14.3 Å². The van der Waals surface area contributed by atoms with Gasteiger partial charge >= 0.3 is 0 Å². The molecule has 0 aromatic rings. The highest BCUT2D eigenvalue weighted by Crippen LogP contribution is 2.30. The second-order valence-electron chi connectivity index (χ2n) is 6.52. The highest BCUT2D eigenvalue weighted by Gasteiger charge is 2.39. The first-order chi connectivity index (χ1) is 10.0. The summed E-state index contributed by atoms with van der Waals surface area (Å²) in [5.74, 6) is -0.111. The van der Waals surface area contributed by atoms with E-state index in [1.807, 2.05) is 0 Å². The van der Waals surface area contributed by atoms with E-state index in [2.05, 4.69) is 24.5 Å². The zero-order chi connectivity index (χ0) is 15.3. The van der Waals surface area contributed by atoms with Gasteiger partial charge in [0.25, 0.3) is 0 Å². The average molecular weight is 299 g/mol. The molecule has 122 valence electrons. The van der Waals surface area contributed by atoms with Crippen LogP contribution in [0.5, 0.6) is 0 Å². The van der Waals surface area contributed by atoms with Crippen molar-refractivity contribution in [2.24, 2.45) is 11.7 Å². The molecule has 0 aromatic carbocycles. The van der Waals surface area contributed by atoms with Crippen molar-refractivity contribution in [1.29, 1.82) is 0 Å². The molecular formula is C15H29N3O3. The van der Waals surface area contributed by atoms with Crippen molar-refractivity contribution in [2.45, 2.75) is 57.5 Å². The lowest BCUT2D eigenvalue weighted by Gasteiger charge is -2.43. The highest BCUT2D eigenvalue weighted by atomic mass is 16.7. The van der Waals surface area contributed by atoms with Crippen molar-refractivity contribution in [3.63, 3.8) is 0 Å². The van der Waals surface area contributed by atoms with E-state index in [1.165, 1.54) is 0 Å². The lowest BCUT2D eigenvalue weighted by atomic mass is 10.0. The maximum atomic E-state index is 12.0. The lowest BCUT2D eigenvalue weighted by Crippen LogP contribution is -2.54. The van der Waals surface area contributed by atoms with E-state index in [9.17, 15) is 4.79 Å². The number of carbonyl (C=O) groups is 1. The second kappa shape index (κ2) is 7.54. The molecule has 0 radical (unpaired) electrons. The first-order valence-corrected chi connectivity index (χ1v) is 8.06. The first-order valence-electron chi connectivity index (χ1n) is 8.06. The van der Waals surface area contributed by atoms with E-state index < -0.39 is 11.8 Å². The Kier molecular flexibility index (Phi) is 5.98. The van der Waals surface area contributed by atoms with Crippen LogP contribution in [0.1, 0.15) is 39.5 Å². The Hall–Kier alpha value is -0.690. The molecule has 2 heterocycles. The van der Waals surface area contributed by atoms with Crippen LogP contribution in [0.25, 0.3) is 0 Å². The zero-order valence-electron chi connectivity index (χ0n) is 13.2. The molecule has 6 nitrogen and oxygen atoms in total. The lowest BCUT2D eigenvalue weighted by molar-refractivity contribution is -0.301. The molecule has 4 N–H and O–H groups in total. The number of hydrogen-bond acceptors (Lipinski definition) is 5. The molecule has 0 saturated carbocycles. The molecule has 2 rings (SSSR count). The summed E-state index contributed by atoms with van der Waals surface area (Å²) >= 11 is 0. The summed E-state index contributed by atoms with van der Waals surface area (Å²) < 4.78 is 12.0. The van der Waals surface area contributed by atoms with Gasteiger partial charge in [0.05, 0.1) is 18.8 Å². The van der Waals surface area contributed by atoms with E-state index in [1.54, 1.807) is 0 Å². The Morgan fingerprint density at radius 3 is 2.81 bits per heavy atom. The minimum atomic E-state index is -0.445. The van der Waals surface area contributed by atoms with Gasteiger partial charge in [-0.3, -0.25) is 4.79 Å². The Morgan fingerprint density at radius 1 is 1.43 bits per heavy atom. The summed E-state index contributed by atoms with van der Waals surface area (Å²) in [6.45, 7) is 7.17. The number of amides is 1. The first kappa shape index (κ1) is 16.7. The molecule has 0 aliphatic carbocycles. The normalized spacial score (nSPS) is 26.8. The summed E-state index contributed by atoms with van der Waals surface area (Å²) in [5, 5.41) is 6.23. The minimum absolute atomic E-state index is 0.0204. The number of nitrogens with one attached hydrogen (secondary N) is 2. The Bertz CT molecular complexity index is 338. The number of rotatable bonds is 5. The van der Waals surface area contributed by atoms with E-state index in [0.29, 0.717) is 25.5 Å². The molecule has 1 spiro atoms. The molecule has 2 fully saturated rings. The third-order valence-electron chi connectivity index (χ3n) is 4.12. The Labute approximate surface area is 127 Å². The van der Waals surface area contributed by atoms with Gasteiger partial charge in [0.1, 0.15) is 0 Å². The molecule has 1 unspecified atom stereocenters. The standard InChI is InChI=1S/C15H29N3O3/c1-11(2)9-13(16)14(19)18-10-12-3-8-20-15(21-12)4-6-17-7-5-15/h11-13,17H,3-10,16H2,1-2H3,(H,18,19)/t12?,13-/m0/s1. The molecule has 6 heteroatoms. The average Bonchev–Trinajstić information content (AvgIpc) is 2.45. The smallest absolute Gasteiger partial charge is 0.237 e. The summed E-state index contributed by atoms with van der Waals surface area (Å²) in [4.78, 5) is 12.0. The van der Waals surface area contributed by atoms with Crippen molar-refractivity contribution in [1.82, 2.24) is 10.6 Å². The van der Waals surface area contributed by atoms with Gasteiger partial charge in [-0.25, -0.2) is 0 Å². The van der Waals surface area contributed by atoms with Crippen molar-refractivity contribution >= 4 is 5.91 Å². The number of nitrogens with two attached hydrogens (primary N) is 1. The summed E-state index contributed by atoms with van der Waals surface area (Å²) in [6.07, 6.45) is 3.27. The molecule has 2 aliphatic heterocycles. The maximum absolute atomic E-state index is 12.0. The van der Waals surface area contributed by atoms with Crippen LogP contribution in [0.15, 0.2) is 0 Å². The fraction of sp³-hybridized carbons (Fsp3) is 0.933. The second-order valence-corrected chi connectivity index (χ2v) is 6.52. The van der Waals surface area contributed by atoms with Crippen LogP contribution >= 0.6 is 0 Å². The van der Waals surface area contributed by atoms with E-state index in [4.69, 9.17) is 15.2 Å². The Morgan fingerprint density at radius 2 is 2.14 bits per heavy atom. The summed E-state index contributed by atoms with van der Waals surface area (Å²) in [5.41, 5.74) is 5.88.